The number of aryl methyl sites for hydroxylation is 1. The molecule has 0 aliphatic heterocycles. The van der Waals surface area contributed by atoms with Crippen molar-refractivity contribution in [2.24, 2.45) is 0 Å². The average molecular weight is 301 g/mol. The van der Waals surface area contributed by atoms with E-state index in [1.165, 1.54) is 16.8 Å². The third-order valence-electron chi connectivity index (χ3n) is 3.92. The number of nitrogens with zero attached hydrogens (tertiary/aromatic N) is 5. The van der Waals surface area contributed by atoms with Crippen LogP contribution in [-0.4, -0.2) is 51.7 Å². The van der Waals surface area contributed by atoms with Crippen molar-refractivity contribution < 1.29 is 0 Å². The molecule has 5 nitrogen and oxygen atoms in total. The maximum Gasteiger partial charge on any atom is 0.0537 e. The lowest BCUT2D eigenvalue weighted by molar-refractivity contribution is 0.225. The summed E-state index contributed by atoms with van der Waals surface area (Å²) in [6.07, 6.45) is 5.73. The molecule has 0 fully saturated rings. The van der Waals surface area contributed by atoms with Crippen molar-refractivity contribution in [2.75, 3.05) is 27.2 Å². The summed E-state index contributed by atoms with van der Waals surface area (Å²) in [4.78, 5) is 8.79. The van der Waals surface area contributed by atoms with Crippen LogP contribution in [0.2, 0.25) is 0 Å². The molecule has 0 saturated carbocycles. The minimum atomic E-state index is 0.924. The summed E-state index contributed by atoms with van der Waals surface area (Å²) < 4.78 is 2.06. The van der Waals surface area contributed by atoms with Gasteiger partial charge in [-0.15, -0.1) is 0 Å². The zero-order valence-corrected chi connectivity index (χ0v) is 14.2. The minimum absolute atomic E-state index is 0.924. The normalized spacial score (nSPS) is 11.5. The van der Waals surface area contributed by atoms with Crippen LogP contribution in [0.25, 0.3) is 0 Å². The fourth-order valence-corrected chi connectivity index (χ4v) is 2.50. The van der Waals surface area contributed by atoms with Crippen LogP contribution < -0.4 is 0 Å². The molecule has 0 amide bonds. The highest BCUT2D eigenvalue weighted by atomic mass is 15.3. The summed E-state index contributed by atoms with van der Waals surface area (Å²) in [5.41, 5.74) is 3.89. The first-order valence-corrected chi connectivity index (χ1v) is 7.87. The topological polar surface area (TPSA) is 37.2 Å². The van der Waals surface area contributed by atoms with Crippen LogP contribution in [0.4, 0.5) is 0 Å². The first-order valence-electron chi connectivity index (χ1n) is 7.87. The number of likely N-dealkylation sites (N-methyl/N-ethyl adjacent to an activating group) is 1. The molecule has 0 aliphatic carbocycles. The van der Waals surface area contributed by atoms with Gasteiger partial charge in [0.15, 0.2) is 0 Å². The highest BCUT2D eigenvalue weighted by Crippen LogP contribution is 2.13. The molecule has 0 N–H and O–H groups in total. The van der Waals surface area contributed by atoms with Crippen molar-refractivity contribution >= 4 is 0 Å². The first kappa shape index (κ1) is 16.6. The molecule has 2 aromatic rings. The van der Waals surface area contributed by atoms with Crippen molar-refractivity contribution in [3.8, 4) is 0 Å². The van der Waals surface area contributed by atoms with Gasteiger partial charge in [0.2, 0.25) is 0 Å². The van der Waals surface area contributed by atoms with E-state index >= 15 is 0 Å². The summed E-state index contributed by atoms with van der Waals surface area (Å²) in [5, 5.41) is 4.46. The second kappa shape index (κ2) is 8.06. The Morgan fingerprint density at radius 3 is 2.41 bits per heavy atom. The Hall–Kier alpha value is -1.72. The summed E-state index contributed by atoms with van der Waals surface area (Å²) in [6, 6.07) is 4.18. The van der Waals surface area contributed by atoms with Gasteiger partial charge in [-0.2, -0.15) is 5.10 Å². The Morgan fingerprint density at radius 2 is 1.82 bits per heavy atom. The molecule has 0 aromatic carbocycles. The number of pyridine rings is 1. The van der Waals surface area contributed by atoms with E-state index in [1.54, 1.807) is 0 Å². The number of hydrogen-bond acceptors (Lipinski definition) is 4. The molecule has 120 valence electrons. The summed E-state index contributed by atoms with van der Waals surface area (Å²) in [6.45, 7) is 9.16. The summed E-state index contributed by atoms with van der Waals surface area (Å²) in [5.74, 6) is 0. The van der Waals surface area contributed by atoms with Gasteiger partial charge in [-0.3, -0.25) is 14.6 Å². The van der Waals surface area contributed by atoms with Gasteiger partial charge < -0.3 is 4.90 Å². The number of rotatable bonds is 8. The highest BCUT2D eigenvalue weighted by molar-refractivity contribution is 5.17. The van der Waals surface area contributed by atoms with Crippen molar-refractivity contribution in [3.05, 3.63) is 47.5 Å². The largest absolute Gasteiger partial charge is 0.308 e. The third kappa shape index (κ3) is 4.64. The average Bonchev–Trinajstić information content (AvgIpc) is 2.86. The molecule has 2 heterocycles. The Kier molecular flexibility index (Phi) is 6.10. The Morgan fingerprint density at radius 1 is 1.09 bits per heavy atom. The van der Waals surface area contributed by atoms with Gasteiger partial charge in [0.05, 0.1) is 6.20 Å². The monoisotopic (exact) mass is 301 g/mol. The van der Waals surface area contributed by atoms with Crippen LogP contribution in [0.5, 0.6) is 0 Å². The Bertz CT molecular complexity index is 562. The highest BCUT2D eigenvalue weighted by Gasteiger charge is 2.12. The van der Waals surface area contributed by atoms with Crippen LogP contribution in [-0.2, 0) is 19.6 Å². The number of hydrogen-bond donors (Lipinski definition) is 0. The van der Waals surface area contributed by atoms with Gasteiger partial charge in [0.1, 0.15) is 0 Å². The van der Waals surface area contributed by atoms with Crippen molar-refractivity contribution in [1.82, 2.24) is 24.6 Å². The van der Waals surface area contributed by atoms with Crippen LogP contribution in [0.1, 0.15) is 23.7 Å². The zero-order chi connectivity index (χ0) is 15.9. The maximum atomic E-state index is 4.46. The predicted octanol–water partition coefficient (Wildman–Crippen LogP) is 2.17. The second-order valence-corrected chi connectivity index (χ2v) is 5.94. The molecular formula is C17H27N5. The van der Waals surface area contributed by atoms with E-state index in [2.05, 4.69) is 64.6 Å². The molecule has 2 aromatic heterocycles. The molecule has 2 rings (SSSR count). The summed E-state index contributed by atoms with van der Waals surface area (Å²) in [7, 11) is 4.23. The van der Waals surface area contributed by atoms with Crippen LogP contribution in [0.15, 0.2) is 30.7 Å². The molecule has 0 atom stereocenters. The molecule has 0 bridgehead atoms. The maximum absolute atomic E-state index is 4.46. The Labute approximate surface area is 133 Å². The lowest BCUT2D eigenvalue weighted by atomic mass is 10.2. The van der Waals surface area contributed by atoms with Gasteiger partial charge >= 0.3 is 0 Å². The van der Waals surface area contributed by atoms with E-state index in [0.29, 0.717) is 0 Å². The van der Waals surface area contributed by atoms with Gasteiger partial charge in [-0.05, 0) is 45.6 Å². The molecule has 0 unspecified atom stereocenters. The Balaban J connectivity index is 2.07. The van der Waals surface area contributed by atoms with Crippen LogP contribution >= 0.6 is 0 Å². The lowest BCUT2D eigenvalue weighted by Gasteiger charge is -2.24. The van der Waals surface area contributed by atoms with Gasteiger partial charge in [0, 0.05) is 56.4 Å². The molecule has 0 spiro atoms. The summed E-state index contributed by atoms with van der Waals surface area (Å²) >= 11 is 0. The smallest absolute Gasteiger partial charge is 0.0537 e. The number of aromatic nitrogens is 3. The van der Waals surface area contributed by atoms with E-state index < -0.39 is 0 Å². The molecule has 0 saturated heterocycles. The van der Waals surface area contributed by atoms with Crippen LogP contribution in [0.3, 0.4) is 0 Å². The van der Waals surface area contributed by atoms with Crippen molar-refractivity contribution in [2.45, 2.75) is 33.5 Å². The molecular weight excluding hydrogens is 274 g/mol. The van der Waals surface area contributed by atoms with Crippen LogP contribution in [0, 0.1) is 6.92 Å². The zero-order valence-electron chi connectivity index (χ0n) is 14.2. The standard InChI is InChI=1S/C17H27N5/c1-5-22-15(2)17(12-19-22)14-21(11-10-20(3)4)13-16-6-8-18-9-7-16/h6-9,12H,5,10-11,13-14H2,1-4H3. The van der Waals surface area contributed by atoms with Crippen molar-refractivity contribution in [1.29, 1.82) is 0 Å². The van der Waals surface area contributed by atoms with E-state index in [9.17, 15) is 0 Å². The van der Waals surface area contributed by atoms with Crippen molar-refractivity contribution in [3.63, 3.8) is 0 Å². The fourth-order valence-electron chi connectivity index (χ4n) is 2.50. The minimum Gasteiger partial charge on any atom is -0.308 e. The lowest BCUT2D eigenvalue weighted by Crippen LogP contribution is -2.31. The first-order chi connectivity index (χ1) is 10.6. The fraction of sp³-hybridized carbons (Fsp3) is 0.529. The molecule has 22 heavy (non-hydrogen) atoms. The molecule has 0 radical (unpaired) electrons. The van der Waals surface area contributed by atoms with Gasteiger partial charge in [0.25, 0.3) is 0 Å². The van der Waals surface area contributed by atoms with E-state index in [1.807, 2.05) is 18.6 Å². The predicted molar refractivity (Wildman–Crippen MR) is 89.5 cm³/mol. The quantitative estimate of drug-likeness (QED) is 0.749. The molecule has 0 aliphatic rings. The second-order valence-electron chi connectivity index (χ2n) is 5.94. The van der Waals surface area contributed by atoms with E-state index in [4.69, 9.17) is 0 Å². The SMILES string of the molecule is CCn1ncc(CN(CCN(C)C)Cc2ccncc2)c1C. The molecule has 5 heteroatoms. The van der Waals surface area contributed by atoms with E-state index in [0.717, 1.165) is 32.7 Å². The third-order valence-corrected chi connectivity index (χ3v) is 3.92. The van der Waals surface area contributed by atoms with Gasteiger partial charge in [-0.1, -0.05) is 0 Å². The van der Waals surface area contributed by atoms with Gasteiger partial charge in [-0.25, -0.2) is 0 Å². The van der Waals surface area contributed by atoms with E-state index in [-0.39, 0.29) is 0 Å².